The highest BCUT2D eigenvalue weighted by Gasteiger charge is 2.16. The molecule has 136 valence electrons. The van der Waals surface area contributed by atoms with Crippen LogP contribution in [-0.4, -0.2) is 26.7 Å². The first-order valence-corrected chi connectivity index (χ1v) is 8.59. The molecule has 0 unspecified atom stereocenters. The van der Waals surface area contributed by atoms with E-state index in [0.717, 1.165) is 27.9 Å². The first-order valence-electron chi connectivity index (χ1n) is 8.59. The molecule has 0 saturated heterocycles. The molecular weight excluding hydrogens is 343 g/mol. The fourth-order valence-corrected chi connectivity index (χ4v) is 3.20. The van der Waals surface area contributed by atoms with Gasteiger partial charge in [-0.1, -0.05) is 30.3 Å². The number of pyridine rings is 1. The van der Waals surface area contributed by atoms with Gasteiger partial charge in [0, 0.05) is 19.7 Å². The highest BCUT2D eigenvalue weighted by Crippen LogP contribution is 2.29. The average molecular weight is 362 g/mol. The predicted octanol–water partition coefficient (Wildman–Crippen LogP) is 4.03. The van der Waals surface area contributed by atoms with Crippen LogP contribution in [0.15, 0.2) is 60.8 Å². The van der Waals surface area contributed by atoms with Crippen LogP contribution in [0.3, 0.4) is 0 Å². The zero-order valence-electron chi connectivity index (χ0n) is 15.1. The van der Waals surface area contributed by atoms with E-state index in [1.165, 1.54) is 6.07 Å². The van der Waals surface area contributed by atoms with Gasteiger partial charge in [-0.2, -0.15) is 0 Å². The Hall–Kier alpha value is -3.25. The molecular formula is C21H19FN4O. The minimum atomic E-state index is -0.299. The van der Waals surface area contributed by atoms with Crippen molar-refractivity contribution < 1.29 is 9.50 Å². The van der Waals surface area contributed by atoms with Gasteiger partial charge < -0.3 is 14.6 Å². The van der Waals surface area contributed by atoms with E-state index in [-0.39, 0.29) is 12.4 Å². The van der Waals surface area contributed by atoms with Gasteiger partial charge >= 0.3 is 0 Å². The maximum absolute atomic E-state index is 14.2. The first kappa shape index (κ1) is 17.2. The molecule has 0 saturated carbocycles. The Kier molecular flexibility index (Phi) is 4.33. The molecule has 0 aliphatic rings. The Bertz CT molecular complexity index is 1120. The fourth-order valence-electron chi connectivity index (χ4n) is 3.20. The van der Waals surface area contributed by atoms with Gasteiger partial charge in [-0.15, -0.1) is 0 Å². The topological polar surface area (TPSA) is 54.2 Å². The summed E-state index contributed by atoms with van der Waals surface area (Å²) in [7, 11) is 3.69. The maximum atomic E-state index is 14.2. The number of benzene rings is 2. The molecule has 0 fully saturated rings. The number of nitrogens with zero attached hydrogens (tertiary/aromatic N) is 4. The molecule has 0 atom stereocenters. The standard InChI is InChI=1S/C21H19FN4O/c1-25(19-9-4-3-8-16(19)22)21-24-18-12-23-17(11-20(18)26(21)2)15-7-5-6-14(10-15)13-27/h3-12,27H,13H2,1-2H3. The lowest BCUT2D eigenvalue weighted by atomic mass is 10.1. The smallest absolute Gasteiger partial charge is 0.210 e. The SMILES string of the molecule is CN(c1ccccc1F)c1nc2cnc(-c3cccc(CO)c3)cc2n1C. The maximum Gasteiger partial charge on any atom is 0.210 e. The number of aryl methyl sites for hydroxylation is 1. The van der Waals surface area contributed by atoms with Crippen molar-refractivity contribution >= 4 is 22.7 Å². The van der Waals surface area contributed by atoms with E-state index in [9.17, 15) is 9.50 Å². The highest BCUT2D eigenvalue weighted by atomic mass is 19.1. The fraction of sp³-hybridized carbons (Fsp3) is 0.143. The van der Waals surface area contributed by atoms with Crippen molar-refractivity contribution in [1.29, 1.82) is 0 Å². The summed E-state index contributed by atoms with van der Waals surface area (Å²) in [5, 5.41) is 9.35. The quantitative estimate of drug-likeness (QED) is 0.595. The number of para-hydroxylation sites is 1. The van der Waals surface area contributed by atoms with E-state index in [1.54, 1.807) is 36.3 Å². The van der Waals surface area contributed by atoms with Crippen LogP contribution in [0.4, 0.5) is 16.0 Å². The second kappa shape index (κ2) is 6.81. The number of hydrogen-bond donors (Lipinski definition) is 1. The molecule has 1 N–H and O–H groups in total. The molecule has 0 aliphatic carbocycles. The average Bonchev–Trinajstić information content (AvgIpc) is 3.04. The van der Waals surface area contributed by atoms with Crippen LogP contribution in [-0.2, 0) is 13.7 Å². The normalized spacial score (nSPS) is 11.1. The van der Waals surface area contributed by atoms with Crippen molar-refractivity contribution in [2.45, 2.75) is 6.61 Å². The summed E-state index contributed by atoms with van der Waals surface area (Å²) in [5.41, 5.74) is 4.64. The lowest BCUT2D eigenvalue weighted by Gasteiger charge is -2.18. The van der Waals surface area contributed by atoms with E-state index in [0.29, 0.717) is 11.6 Å². The second-order valence-electron chi connectivity index (χ2n) is 6.40. The van der Waals surface area contributed by atoms with Crippen molar-refractivity contribution in [2.75, 3.05) is 11.9 Å². The van der Waals surface area contributed by atoms with Crippen LogP contribution in [0, 0.1) is 5.82 Å². The largest absolute Gasteiger partial charge is 0.392 e. The second-order valence-corrected chi connectivity index (χ2v) is 6.40. The zero-order chi connectivity index (χ0) is 19.0. The van der Waals surface area contributed by atoms with Crippen LogP contribution in [0.2, 0.25) is 0 Å². The summed E-state index contributed by atoms with van der Waals surface area (Å²) in [5.74, 6) is 0.324. The van der Waals surface area contributed by atoms with Gasteiger partial charge in [-0.05, 0) is 29.8 Å². The molecule has 6 heteroatoms. The summed E-state index contributed by atoms with van der Waals surface area (Å²) in [6.45, 7) is -0.0145. The number of hydrogen-bond acceptors (Lipinski definition) is 4. The number of imidazole rings is 1. The Morgan fingerprint density at radius 2 is 1.93 bits per heavy atom. The molecule has 2 aromatic carbocycles. The molecule has 27 heavy (non-hydrogen) atoms. The molecule has 0 spiro atoms. The van der Waals surface area contributed by atoms with Gasteiger partial charge in [0.15, 0.2) is 0 Å². The summed E-state index contributed by atoms with van der Waals surface area (Å²) in [6.07, 6.45) is 1.72. The van der Waals surface area contributed by atoms with Crippen LogP contribution >= 0.6 is 0 Å². The number of halogens is 1. The molecule has 5 nitrogen and oxygen atoms in total. The minimum Gasteiger partial charge on any atom is -0.392 e. The number of anilines is 2. The van der Waals surface area contributed by atoms with E-state index in [1.807, 2.05) is 41.9 Å². The summed E-state index contributed by atoms with van der Waals surface area (Å²) in [4.78, 5) is 10.8. The van der Waals surface area contributed by atoms with Gasteiger partial charge in [-0.3, -0.25) is 4.98 Å². The Balaban J connectivity index is 1.79. The third-order valence-electron chi connectivity index (χ3n) is 4.66. The molecule has 0 radical (unpaired) electrons. The van der Waals surface area contributed by atoms with Crippen LogP contribution < -0.4 is 4.90 Å². The van der Waals surface area contributed by atoms with Crippen molar-refractivity contribution in [3.8, 4) is 11.3 Å². The van der Waals surface area contributed by atoms with Crippen molar-refractivity contribution in [1.82, 2.24) is 14.5 Å². The third-order valence-corrected chi connectivity index (χ3v) is 4.66. The Labute approximate surface area is 156 Å². The number of aliphatic hydroxyl groups is 1. The van der Waals surface area contributed by atoms with E-state index in [2.05, 4.69) is 9.97 Å². The van der Waals surface area contributed by atoms with Gasteiger partial charge in [0.05, 0.1) is 29.7 Å². The van der Waals surface area contributed by atoms with E-state index < -0.39 is 0 Å². The van der Waals surface area contributed by atoms with Gasteiger partial charge in [0.1, 0.15) is 11.3 Å². The molecule has 0 amide bonds. The lowest BCUT2D eigenvalue weighted by Crippen LogP contribution is -2.15. The summed E-state index contributed by atoms with van der Waals surface area (Å²) < 4.78 is 16.1. The van der Waals surface area contributed by atoms with Crippen molar-refractivity contribution in [2.24, 2.45) is 7.05 Å². The number of aromatic nitrogens is 3. The summed E-state index contributed by atoms with van der Waals surface area (Å²) >= 11 is 0. The Morgan fingerprint density at radius 3 is 2.70 bits per heavy atom. The molecule has 0 aliphatic heterocycles. The molecule has 2 heterocycles. The lowest BCUT2D eigenvalue weighted by molar-refractivity contribution is 0.282. The van der Waals surface area contributed by atoms with Crippen LogP contribution in [0.25, 0.3) is 22.3 Å². The number of fused-ring (bicyclic) bond motifs is 1. The first-order chi connectivity index (χ1) is 13.1. The van der Waals surface area contributed by atoms with Crippen molar-refractivity contribution in [3.63, 3.8) is 0 Å². The van der Waals surface area contributed by atoms with Crippen LogP contribution in [0.1, 0.15) is 5.56 Å². The molecule has 2 aromatic heterocycles. The minimum absolute atomic E-state index is 0.0145. The monoisotopic (exact) mass is 362 g/mol. The van der Waals surface area contributed by atoms with Gasteiger partial charge in [0.2, 0.25) is 5.95 Å². The molecule has 4 aromatic rings. The zero-order valence-corrected chi connectivity index (χ0v) is 15.1. The number of rotatable bonds is 4. The summed E-state index contributed by atoms with van der Waals surface area (Å²) in [6, 6.07) is 16.2. The third kappa shape index (κ3) is 3.04. The van der Waals surface area contributed by atoms with E-state index >= 15 is 0 Å². The van der Waals surface area contributed by atoms with Gasteiger partial charge in [0.25, 0.3) is 0 Å². The van der Waals surface area contributed by atoms with Crippen molar-refractivity contribution in [3.05, 3.63) is 72.2 Å². The molecule has 4 rings (SSSR count). The number of aliphatic hydroxyl groups excluding tert-OH is 1. The predicted molar refractivity (Wildman–Crippen MR) is 104 cm³/mol. The van der Waals surface area contributed by atoms with Crippen LogP contribution in [0.5, 0.6) is 0 Å². The highest BCUT2D eigenvalue weighted by molar-refractivity contribution is 5.83. The van der Waals surface area contributed by atoms with E-state index in [4.69, 9.17) is 0 Å². The molecule has 0 bridgehead atoms. The van der Waals surface area contributed by atoms with Gasteiger partial charge in [-0.25, -0.2) is 9.37 Å². The Morgan fingerprint density at radius 1 is 1.11 bits per heavy atom.